The summed E-state index contributed by atoms with van der Waals surface area (Å²) in [6.07, 6.45) is -0.233. The summed E-state index contributed by atoms with van der Waals surface area (Å²) in [5, 5.41) is 0. The highest BCUT2D eigenvalue weighted by Gasteiger charge is 2.14. The molecule has 1 rings (SSSR count). The van der Waals surface area contributed by atoms with Crippen molar-refractivity contribution >= 4 is 11.9 Å². The minimum absolute atomic E-state index is 0.233. The zero-order chi connectivity index (χ0) is 13.5. The van der Waals surface area contributed by atoms with Crippen molar-refractivity contribution in [3.63, 3.8) is 0 Å². The van der Waals surface area contributed by atoms with Gasteiger partial charge in [0.2, 0.25) is 5.91 Å². The van der Waals surface area contributed by atoms with Gasteiger partial charge in [0.05, 0.1) is 14.2 Å². The van der Waals surface area contributed by atoms with Crippen LogP contribution in [0, 0.1) is 0 Å². The van der Waals surface area contributed by atoms with E-state index in [-0.39, 0.29) is 12.3 Å². The van der Waals surface area contributed by atoms with E-state index >= 15 is 0 Å². The van der Waals surface area contributed by atoms with Crippen LogP contribution in [-0.2, 0) is 20.9 Å². The summed E-state index contributed by atoms with van der Waals surface area (Å²) in [5.41, 5.74) is 0.969. The van der Waals surface area contributed by atoms with Crippen LogP contribution in [0.4, 0.5) is 0 Å². The van der Waals surface area contributed by atoms with E-state index in [0.29, 0.717) is 6.54 Å². The van der Waals surface area contributed by atoms with Crippen LogP contribution < -0.4 is 4.74 Å². The van der Waals surface area contributed by atoms with Crippen molar-refractivity contribution in [2.45, 2.75) is 13.0 Å². The molecular formula is C13H17NO4. The zero-order valence-electron chi connectivity index (χ0n) is 10.8. The van der Waals surface area contributed by atoms with Gasteiger partial charge in [-0.15, -0.1) is 0 Å². The molecule has 0 unspecified atom stereocenters. The first kappa shape index (κ1) is 14.0. The Labute approximate surface area is 106 Å². The smallest absolute Gasteiger partial charge is 0.315 e. The lowest BCUT2D eigenvalue weighted by Crippen LogP contribution is -2.28. The number of methoxy groups -OCH3 is 2. The van der Waals surface area contributed by atoms with Crippen LogP contribution in [0.25, 0.3) is 0 Å². The Morgan fingerprint density at radius 3 is 2.28 bits per heavy atom. The standard InChI is InChI=1S/C13H17NO4/c1-14(12(15)8-13(16)18-3)9-10-4-6-11(17-2)7-5-10/h4-7H,8-9H2,1-3H3. The summed E-state index contributed by atoms with van der Waals surface area (Å²) >= 11 is 0. The highest BCUT2D eigenvalue weighted by atomic mass is 16.5. The second kappa shape index (κ2) is 6.64. The molecule has 0 radical (unpaired) electrons. The highest BCUT2D eigenvalue weighted by Crippen LogP contribution is 2.12. The summed E-state index contributed by atoms with van der Waals surface area (Å²) in [7, 11) is 4.51. The predicted molar refractivity (Wildman–Crippen MR) is 66.1 cm³/mol. The quantitative estimate of drug-likeness (QED) is 0.583. The lowest BCUT2D eigenvalue weighted by atomic mass is 10.2. The van der Waals surface area contributed by atoms with Crippen LogP contribution in [0.3, 0.4) is 0 Å². The molecule has 0 heterocycles. The molecule has 1 aromatic carbocycles. The third-order valence-electron chi connectivity index (χ3n) is 2.53. The molecule has 18 heavy (non-hydrogen) atoms. The average molecular weight is 251 g/mol. The number of ether oxygens (including phenoxy) is 2. The summed E-state index contributed by atoms with van der Waals surface area (Å²) in [6.45, 7) is 0.444. The number of benzene rings is 1. The van der Waals surface area contributed by atoms with Crippen LogP contribution in [0.5, 0.6) is 5.75 Å². The molecule has 0 saturated carbocycles. The molecule has 5 nitrogen and oxygen atoms in total. The second-order valence-electron chi connectivity index (χ2n) is 3.85. The van der Waals surface area contributed by atoms with Crippen molar-refractivity contribution in [1.82, 2.24) is 4.90 Å². The molecule has 0 aromatic heterocycles. The fraction of sp³-hybridized carbons (Fsp3) is 0.385. The number of amides is 1. The summed E-state index contributed by atoms with van der Waals surface area (Å²) in [6, 6.07) is 7.41. The second-order valence-corrected chi connectivity index (χ2v) is 3.85. The van der Waals surface area contributed by atoms with E-state index in [1.165, 1.54) is 12.0 Å². The Kier molecular flexibility index (Phi) is 5.17. The largest absolute Gasteiger partial charge is 0.497 e. The van der Waals surface area contributed by atoms with E-state index in [2.05, 4.69) is 4.74 Å². The predicted octanol–water partition coefficient (Wildman–Crippen LogP) is 1.22. The maximum atomic E-state index is 11.6. The third kappa shape index (κ3) is 4.08. The topological polar surface area (TPSA) is 55.8 Å². The van der Waals surface area contributed by atoms with Crippen molar-refractivity contribution in [2.75, 3.05) is 21.3 Å². The Bertz CT molecular complexity index is 414. The number of hydrogen-bond donors (Lipinski definition) is 0. The molecule has 0 aliphatic rings. The van der Waals surface area contributed by atoms with E-state index in [1.807, 2.05) is 24.3 Å². The van der Waals surface area contributed by atoms with Gasteiger partial charge in [-0.25, -0.2) is 0 Å². The van der Waals surface area contributed by atoms with Gasteiger partial charge in [-0.05, 0) is 17.7 Å². The maximum Gasteiger partial charge on any atom is 0.315 e. The number of rotatable bonds is 5. The van der Waals surface area contributed by atoms with Gasteiger partial charge in [0.1, 0.15) is 12.2 Å². The van der Waals surface area contributed by atoms with Crippen molar-refractivity contribution < 1.29 is 19.1 Å². The van der Waals surface area contributed by atoms with Gasteiger partial charge in [0.25, 0.3) is 0 Å². The number of hydrogen-bond acceptors (Lipinski definition) is 4. The molecule has 0 fully saturated rings. The SMILES string of the molecule is COC(=O)CC(=O)N(C)Cc1ccc(OC)cc1. The lowest BCUT2D eigenvalue weighted by molar-refractivity contribution is -0.146. The summed E-state index contributed by atoms with van der Waals surface area (Å²) < 4.78 is 9.50. The average Bonchev–Trinajstić information content (AvgIpc) is 2.39. The molecule has 1 aromatic rings. The minimum atomic E-state index is -0.526. The molecule has 0 aliphatic carbocycles. The Morgan fingerprint density at radius 1 is 1.17 bits per heavy atom. The summed E-state index contributed by atoms with van der Waals surface area (Å²) in [4.78, 5) is 24.1. The van der Waals surface area contributed by atoms with Crippen molar-refractivity contribution in [3.8, 4) is 5.75 Å². The van der Waals surface area contributed by atoms with Crippen LogP contribution in [-0.4, -0.2) is 38.0 Å². The summed E-state index contributed by atoms with van der Waals surface area (Å²) in [5.74, 6) is -0.0264. The van der Waals surface area contributed by atoms with Crippen LogP contribution in [0.2, 0.25) is 0 Å². The number of carbonyl (C=O) groups is 2. The fourth-order valence-electron chi connectivity index (χ4n) is 1.42. The van der Waals surface area contributed by atoms with Gasteiger partial charge < -0.3 is 14.4 Å². The molecule has 0 spiro atoms. The van der Waals surface area contributed by atoms with E-state index in [9.17, 15) is 9.59 Å². The number of carbonyl (C=O) groups excluding carboxylic acids is 2. The Hall–Kier alpha value is -2.04. The first-order valence-corrected chi connectivity index (χ1v) is 5.50. The molecular weight excluding hydrogens is 234 g/mol. The number of esters is 1. The molecule has 98 valence electrons. The molecule has 0 saturated heterocycles. The van der Waals surface area contributed by atoms with Gasteiger partial charge in [-0.3, -0.25) is 9.59 Å². The molecule has 0 bridgehead atoms. The van der Waals surface area contributed by atoms with Crippen LogP contribution in [0.1, 0.15) is 12.0 Å². The first-order valence-electron chi connectivity index (χ1n) is 5.50. The molecule has 0 N–H and O–H groups in total. The van der Waals surface area contributed by atoms with E-state index in [1.54, 1.807) is 14.2 Å². The van der Waals surface area contributed by atoms with Crippen LogP contribution >= 0.6 is 0 Å². The monoisotopic (exact) mass is 251 g/mol. The van der Waals surface area contributed by atoms with Gasteiger partial charge in [0.15, 0.2) is 0 Å². The fourth-order valence-corrected chi connectivity index (χ4v) is 1.42. The van der Waals surface area contributed by atoms with Crippen molar-refractivity contribution in [1.29, 1.82) is 0 Å². The van der Waals surface area contributed by atoms with Crippen molar-refractivity contribution in [2.24, 2.45) is 0 Å². The maximum absolute atomic E-state index is 11.6. The van der Waals surface area contributed by atoms with Gasteiger partial charge >= 0.3 is 5.97 Å². The first-order chi connectivity index (χ1) is 8.56. The third-order valence-corrected chi connectivity index (χ3v) is 2.53. The van der Waals surface area contributed by atoms with E-state index in [0.717, 1.165) is 11.3 Å². The number of nitrogens with zero attached hydrogens (tertiary/aromatic N) is 1. The van der Waals surface area contributed by atoms with Gasteiger partial charge in [0, 0.05) is 13.6 Å². The van der Waals surface area contributed by atoms with E-state index in [4.69, 9.17) is 4.74 Å². The molecule has 5 heteroatoms. The Balaban J connectivity index is 2.55. The zero-order valence-corrected chi connectivity index (χ0v) is 10.8. The normalized spacial score (nSPS) is 9.72. The van der Waals surface area contributed by atoms with Crippen molar-refractivity contribution in [3.05, 3.63) is 29.8 Å². The highest BCUT2D eigenvalue weighted by molar-refractivity contribution is 5.94. The molecule has 0 aliphatic heterocycles. The van der Waals surface area contributed by atoms with Gasteiger partial charge in [-0.1, -0.05) is 12.1 Å². The van der Waals surface area contributed by atoms with E-state index < -0.39 is 5.97 Å². The molecule has 0 atom stereocenters. The van der Waals surface area contributed by atoms with Gasteiger partial charge in [-0.2, -0.15) is 0 Å². The molecule has 1 amide bonds. The lowest BCUT2D eigenvalue weighted by Gasteiger charge is -2.16. The minimum Gasteiger partial charge on any atom is -0.497 e. The van der Waals surface area contributed by atoms with Crippen LogP contribution in [0.15, 0.2) is 24.3 Å². The Morgan fingerprint density at radius 2 is 1.78 bits per heavy atom.